The lowest BCUT2D eigenvalue weighted by Gasteiger charge is -2.12. The lowest BCUT2D eigenvalue weighted by molar-refractivity contribution is 0.230. The van der Waals surface area contributed by atoms with Gasteiger partial charge in [-0.25, -0.2) is 4.39 Å². The molecule has 0 aliphatic heterocycles. The monoisotopic (exact) mass is 180 g/mol. The summed E-state index contributed by atoms with van der Waals surface area (Å²) in [6.07, 6.45) is 1.55. The van der Waals surface area contributed by atoms with E-state index in [0.29, 0.717) is 5.56 Å². The zero-order valence-corrected chi connectivity index (χ0v) is 7.88. The van der Waals surface area contributed by atoms with Crippen LogP contribution in [0.3, 0.4) is 0 Å². The summed E-state index contributed by atoms with van der Waals surface area (Å²) in [6, 6.07) is 4.79. The molecule has 0 fully saturated rings. The zero-order chi connectivity index (χ0) is 9.84. The van der Waals surface area contributed by atoms with E-state index in [1.807, 2.05) is 13.8 Å². The van der Waals surface area contributed by atoms with E-state index in [9.17, 15) is 4.39 Å². The summed E-state index contributed by atoms with van der Waals surface area (Å²) in [6.45, 7) is 7.31. The molecule has 70 valence electrons. The topological polar surface area (TPSA) is 9.23 Å². The number of rotatable bonds is 3. The van der Waals surface area contributed by atoms with Crippen molar-refractivity contribution in [2.45, 2.75) is 20.0 Å². The van der Waals surface area contributed by atoms with E-state index in [2.05, 4.69) is 6.58 Å². The Morgan fingerprint density at radius 3 is 2.69 bits per heavy atom. The molecule has 1 aromatic rings. The standard InChI is InChI=1S/C11H13FO/c1-4-9-6-5-7-10(12)11(9)13-8(2)3/h4-8H,1H2,2-3H3. The van der Waals surface area contributed by atoms with E-state index >= 15 is 0 Å². The Hall–Kier alpha value is -1.31. The summed E-state index contributed by atoms with van der Waals surface area (Å²) in [4.78, 5) is 0. The molecule has 0 N–H and O–H groups in total. The molecule has 0 unspecified atom stereocenters. The van der Waals surface area contributed by atoms with E-state index in [1.54, 1.807) is 18.2 Å². The van der Waals surface area contributed by atoms with Crippen molar-refractivity contribution in [1.29, 1.82) is 0 Å². The van der Waals surface area contributed by atoms with Crippen molar-refractivity contribution < 1.29 is 9.13 Å². The molecule has 0 aromatic heterocycles. The van der Waals surface area contributed by atoms with Crippen LogP contribution in [0.2, 0.25) is 0 Å². The van der Waals surface area contributed by atoms with Gasteiger partial charge < -0.3 is 4.74 Å². The molecule has 0 aliphatic carbocycles. The SMILES string of the molecule is C=Cc1cccc(F)c1OC(C)C. The smallest absolute Gasteiger partial charge is 0.165 e. The molecule has 0 aliphatic rings. The largest absolute Gasteiger partial charge is 0.487 e. The number of ether oxygens (including phenoxy) is 1. The first-order chi connectivity index (χ1) is 6.15. The van der Waals surface area contributed by atoms with Gasteiger partial charge in [0.25, 0.3) is 0 Å². The van der Waals surface area contributed by atoms with Crippen LogP contribution >= 0.6 is 0 Å². The van der Waals surface area contributed by atoms with Gasteiger partial charge in [-0.15, -0.1) is 0 Å². The van der Waals surface area contributed by atoms with Gasteiger partial charge in [0.1, 0.15) is 0 Å². The predicted molar refractivity (Wildman–Crippen MR) is 52.3 cm³/mol. The van der Waals surface area contributed by atoms with Gasteiger partial charge >= 0.3 is 0 Å². The Morgan fingerprint density at radius 2 is 2.15 bits per heavy atom. The van der Waals surface area contributed by atoms with Crippen molar-refractivity contribution in [3.63, 3.8) is 0 Å². The minimum absolute atomic E-state index is 0.0319. The van der Waals surface area contributed by atoms with Crippen LogP contribution in [0.4, 0.5) is 4.39 Å². The van der Waals surface area contributed by atoms with Crippen LogP contribution in [0.15, 0.2) is 24.8 Å². The highest BCUT2D eigenvalue weighted by molar-refractivity contribution is 5.55. The molecule has 2 heteroatoms. The van der Waals surface area contributed by atoms with E-state index in [4.69, 9.17) is 4.74 Å². The molecule has 1 aromatic carbocycles. The van der Waals surface area contributed by atoms with Crippen LogP contribution in [0.5, 0.6) is 5.75 Å². The molecule has 0 saturated heterocycles. The molecule has 0 bridgehead atoms. The van der Waals surface area contributed by atoms with Gasteiger partial charge in [-0.05, 0) is 19.9 Å². The molecular weight excluding hydrogens is 167 g/mol. The fraction of sp³-hybridized carbons (Fsp3) is 0.273. The number of halogens is 1. The van der Waals surface area contributed by atoms with E-state index in [0.717, 1.165) is 0 Å². The number of para-hydroxylation sites is 1. The average molecular weight is 180 g/mol. The third-order valence-electron chi connectivity index (χ3n) is 1.57. The first-order valence-corrected chi connectivity index (χ1v) is 4.22. The lowest BCUT2D eigenvalue weighted by Crippen LogP contribution is -2.08. The minimum atomic E-state index is -0.342. The molecule has 1 rings (SSSR count). The maximum Gasteiger partial charge on any atom is 0.165 e. The minimum Gasteiger partial charge on any atom is -0.487 e. The first-order valence-electron chi connectivity index (χ1n) is 4.22. The second kappa shape index (κ2) is 4.08. The maximum absolute atomic E-state index is 13.2. The highest BCUT2D eigenvalue weighted by Crippen LogP contribution is 2.24. The van der Waals surface area contributed by atoms with Gasteiger partial charge in [-0.1, -0.05) is 24.8 Å². The average Bonchev–Trinajstić information content (AvgIpc) is 2.08. The van der Waals surface area contributed by atoms with E-state index in [-0.39, 0.29) is 17.7 Å². The predicted octanol–water partition coefficient (Wildman–Crippen LogP) is 3.26. The summed E-state index contributed by atoms with van der Waals surface area (Å²) in [5, 5.41) is 0. The second-order valence-corrected chi connectivity index (χ2v) is 3.03. The Kier molecular flexibility index (Phi) is 3.07. The molecule has 13 heavy (non-hydrogen) atoms. The van der Waals surface area contributed by atoms with Crippen LogP contribution in [0.1, 0.15) is 19.4 Å². The van der Waals surface area contributed by atoms with Crippen molar-refractivity contribution in [2.24, 2.45) is 0 Å². The lowest BCUT2D eigenvalue weighted by atomic mass is 10.2. The summed E-state index contributed by atoms with van der Waals surface area (Å²) >= 11 is 0. The van der Waals surface area contributed by atoms with E-state index < -0.39 is 0 Å². The second-order valence-electron chi connectivity index (χ2n) is 3.03. The third kappa shape index (κ3) is 2.31. The van der Waals surface area contributed by atoms with Crippen molar-refractivity contribution in [3.05, 3.63) is 36.2 Å². The zero-order valence-electron chi connectivity index (χ0n) is 7.88. The van der Waals surface area contributed by atoms with Crippen molar-refractivity contribution in [2.75, 3.05) is 0 Å². The summed E-state index contributed by atoms with van der Waals surface area (Å²) in [7, 11) is 0. The van der Waals surface area contributed by atoms with E-state index in [1.165, 1.54) is 6.07 Å². The normalized spacial score (nSPS) is 10.2. The Morgan fingerprint density at radius 1 is 1.46 bits per heavy atom. The molecule has 1 nitrogen and oxygen atoms in total. The summed E-state index contributed by atoms with van der Waals surface area (Å²) in [5.41, 5.74) is 0.689. The molecule has 0 saturated carbocycles. The van der Waals surface area contributed by atoms with Crippen molar-refractivity contribution in [3.8, 4) is 5.75 Å². The van der Waals surface area contributed by atoms with Gasteiger partial charge in [0.15, 0.2) is 11.6 Å². The quantitative estimate of drug-likeness (QED) is 0.693. The van der Waals surface area contributed by atoms with Gasteiger partial charge in [-0.3, -0.25) is 0 Å². The molecule has 0 spiro atoms. The van der Waals surface area contributed by atoms with Crippen molar-refractivity contribution in [1.82, 2.24) is 0 Å². The Labute approximate surface area is 77.8 Å². The van der Waals surface area contributed by atoms with Crippen LogP contribution in [-0.2, 0) is 0 Å². The summed E-state index contributed by atoms with van der Waals surface area (Å²) < 4.78 is 18.5. The highest BCUT2D eigenvalue weighted by Gasteiger charge is 2.08. The Bertz CT molecular complexity index is 305. The number of benzene rings is 1. The molecule has 0 amide bonds. The fourth-order valence-electron chi connectivity index (χ4n) is 1.05. The maximum atomic E-state index is 13.2. The number of hydrogen-bond acceptors (Lipinski definition) is 1. The number of hydrogen-bond donors (Lipinski definition) is 0. The fourth-order valence-corrected chi connectivity index (χ4v) is 1.05. The van der Waals surface area contributed by atoms with Crippen LogP contribution < -0.4 is 4.74 Å². The van der Waals surface area contributed by atoms with Gasteiger partial charge in [0.2, 0.25) is 0 Å². The van der Waals surface area contributed by atoms with Gasteiger partial charge in [-0.2, -0.15) is 0 Å². The molecule has 0 atom stereocenters. The molecule has 0 radical (unpaired) electrons. The molecule has 0 heterocycles. The van der Waals surface area contributed by atoms with Gasteiger partial charge in [0.05, 0.1) is 6.10 Å². The first kappa shape index (κ1) is 9.78. The van der Waals surface area contributed by atoms with Crippen molar-refractivity contribution >= 4 is 6.08 Å². The van der Waals surface area contributed by atoms with Crippen LogP contribution in [0, 0.1) is 5.82 Å². The molecular formula is C11H13FO. The Balaban J connectivity index is 3.07. The summed E-state index contributed by atoms with van der Waals surface area (Å²) in [5.74, 6) is -0.0569. The van der Waals surface area contributed by atoms with Gasteiger partial charge in [0, 0.05) is 5.56 Å². The third-order valence-corrected chi connectivity index (χ3v) is 1.57. The highest BCUT2D eigenvalue weighted by atomic mass is 19.1. The van der Waals surface area contributed by atoms with Crippen LogP contribution in [-0.4, -0.2) is 6.10 Å². The van der Waals surface area contributed by atoms with Crippen LogP contribution in [0.25, 0.3) is 6.08 Å².